The van der Waals surface area contributed by atoms with Crippen molar-refractivity contribution in [1.82, 2.24) is 9.97 Å². The highest BCUT2D eigenvalue weighted by Crippen LogP contribution is 2.32. The van der Waals surface area contributed by atoms with Crippen LogP contribution in [0, 0.1) is 0 Å². The van der Waals surface area contributed by atoms with Crippen LogP contribution in [-0.4, -0.2) is 28.6 Å². The topological polar surface area (TPSA) is 64.1 Å². The Balaban J connectivity index is 1.66. The molecule has 1 N–H and O–H groups in total. The minimum Gasteiger partial charge on any atom is -0.368 e. The van der Waals surface area contributed by atoms with Gasteiger partial charge in [0.25, 0.3) is 5.91 Å². The van der Waals surface area contributed by atoms with Gasteiger partial charge in [-0.05, 0) is 31.7 Å². The Labute approximate surface area is 112 Å². The first-order chi connectivity index (χ1) is 9.33. The number of nitrogens with zero attached hydrogens (tertiary/aromatic N) is 2. The highest BCUT2D eigenvalue weighted by atomic mass is 16.5. The van der Waals surface area contributed by atoms with E-state index in [0.717, 1.165) is 31.5 Å². The van der Waals surface area contributed by atoms with Gasteiger partial charge in [-0.3, -0.25) is 4.79 Å². The Morgan fingerprint density at radius 2 is 2.11 bits per heavy atom. The van der Waals surface area contributed by atoms with Crippen LogP contribution in [0.5, 0.6) is 0 Å². The molecule has 2 aliphatic rings. The Kier molecular flexibility index (Phi) is 3.73. The molecule has 2 heterocycles. The third-order valence-corrected chi connectivity index (χ3v) is 3.87. The molecular formula is C14H19N3O2. The van der Waals surface area contributed by atoms with Gasteiger partial charge >= 0.3 is 0 Å². The van der Waals surface area contributed by atoms with Crippen molar-refractivity contribution in [3.8, 4) is 0 Å². The number of hydrogen-bond donors (Lipinski definition) is 1. The van der Waals surface area contributed by atoms with Gasteiger partial charge in [0.15, 0.2) is 0 Å². The molecule has 1 amide bonds. The van der Waals surface area contributed by atoms with E-state index in [4.69, 9.17) is 4.74 Å². The van der Waals surface area contributed by atoms with Crippen LogP contribution in [-0.2, 0) is 9.53 Å². The summed E-state index contributed by atoms with van der Waals surface area (Å²) in [6, 6.07) is 1.74. The van der Waals surface area contributed by atoms with Gasteiger partial charge in [0.2, 0.25) is 0 Å². The number of carbonyl (C=O) groups is 1. The van der Waals surface area contributed by atoms with Crippen molar-refractivity contribution >= 4 is 11.7 Å². The predicted molar refractivity (Wildman–Crippen MR) is 70.8 cm³/mol. The van der Waals surface area contributed by atoms with Crippen LogP contribution < -0.4 is 5.32 Å². The molecule has 5 heteroatoms. The molecular weight excluding hydrogens is 242 g/mol. The largest absolute Gasteiger partial charge is 0.368 e. The van der Waals surface area contributed by atoms with Crippen LogP contribution in [0.2, 0.25) is 0 Å². The number of nitrogens with one attached hydrogen (secondary N) is 1. The van der Waals surface area contributed by atoms with Crippen LogP contribution in [0.4, 0.5) is 5.82 Å². The van der Waals surface area contributed by atoms with Crippen LogP contribution >= 0.6 is 0 Å². The Morgan fingerprint density at radius 3 is 2.84 bits per heavy atom. The van der Waals surface area contributed by atoms with Crippen molar-refractivity contribution in [2.75, 3.05) is 11.9 Å². The third kappa shape index (κ3) is 2.92. The molecule has 1 aromatic heterocycles. The number of rotatable bonds is 3. The molecule has 1 saturated carbocycles. The van der Waals surface area contributed by atoms with Crippen LogP contribution in [0.15, 0.2) is 12.3 Å². The first kappa shape index (κ1) is 12.5. The first-order valence-corrected chi connectivity index (χ1v) is 7.08. The molecule has 0 unspecified atom stereocenters. The van der Waals surface area contributed by atoms with Gasteiger partial charge in [0.1, 0.15) is 17.7 Å². The summed E-state index contributed by atoms with van der Waals surface area (Å²) in [5.41, 5.74) is 0. The molecule has 1 aromatic rings. The van der Waals surface area contributed by atoms with E-state index in [1.165, 1.54) is 12.8 Å². The van der Waals surface area contributed by atoms with E-state index >= 15 is 0 Å². The molecule has 1 aliphatic carbocycles. The molecule has 0 spiro atoms. The monoisotopic (exact) mass is 261 g/mol. The van der Waals surface area contributed by atoms with E-state index in [2.05, 4.69) is 15.3 Å². The average Bonchev–Trinajstić information content (AvgIpc) is 3.13. The van der Waals surface area contributed by atoms with Gasteiger partial charge in [0, 0.05) is 18.7 Å². The van der Waals surface area contributed by atoms with E-state index in [1.54, 1.807) is 12.3 Å². The second-order valence-corrected chi connectivity index (χ2v) is 5.27. The van der Waals surface area contributed by atoms with Gasteiger partial charge in [0.05, 0.1) is 0 Å². The minimum atomic E-state index is -0.315. The normalized spacial score (nSPS) is 23.7. The molecule has 3 rings (SSSR count). The number of amides is 1. The quantitative estimate of drug-likeness (QED) is 0.906. The Bertz CT molecular complexity index is 452. The van der Waals surface area contributed by atoms with Crippen molar-refractivity contribution in [3.05, 3.63) is 18.1 Å². The smallest absolute Gasteiger partial charge is 0.254 e. The standard InChI is InChI=1S/C14H19N3O2/c18-14(11-6-3-9-19-11)17-12-7-8-15-13(16-12)10-4-1-2-5-10/h7-8,10-11H,1-6,9H2,(H,15,16,17,18)/t11-/m0/s1. The summed E-state index contributed by atoms with van der Waals surface area (Å²) in [5.74, 6) is 1.83. The summed E-state index contributed by atoms with van der Waals surface area (Å²) in [7, 11) is 0. The summed E-state index contributed by atoms with van der Waals surface area (Å²) < 4.78 is 5.36. The van der Waals surface area contributed by atoms with Crippen molar-refractivity contribution in [2.24, 2.45) is 0 Å². The van der Waals surface area contributed by atoms with Gasteiger partial charge in [-0.15, -0.1) is 0 Å². The van der Waals surface area contributed by atoms with Crippen molar-refractivity contribution in [1.29, 1.82) is 0 Å². The Hall–Kier alpha value is -1.49. The van der Waals surface area contributed by atoms with E-state index in [9.17, 15) is 4.79 Å². The fourth-order valence-electron chi connectivity index (χ4n) is 2.82. The lowest BCUT2D eigenvalue weighted by atomic mass is 10.1. The van der Waals surface area contributed by atoms with Crippen LogP contribution in [0.1, 0.15) is 50.3 Å². The summed E-state index contributed by atoms with van der Waals surface area (Å²) in [5, 5.41) is 2.83. The third-order valence-electron chi connectivity index (χ3n) is 3.87. The van der Waals surface area contributed by atoms with Gasteiger partial charge in [-0.25, -0.2) is 9.97 Å². The fraction of sp³-hybridized carbons (Fsp3) is 0.643. The number of hydrogen-bond acceptors (Lipinski definition) is 4. The Morgan fingerprint density at radius 1 is 1.26 bits per heavy atom. The highest BCUT2D eigenvalue weighted by Gasteiger charge is 2.24. The molecule has 1 aliphatic heterocycles. The maximum Gasteiger partial charge on any atom is 0.254 e. The maximum atomic E-state index is 12.0. The zero-order chi connectivity index (χ0) is 13.1. The molecule has 1 saturated heterocycles. The molecule has 0 aromatic carbocycles. The zero-order valence-electron chi connectivity index (χ0n) is 11.0. The first-order valence-electron chi connectivity index (χ1n) is 7.08. The lowest BCUT2D eigenvalue weighted by molar-refractivity contribution is -0.124. The molecule has 0 bridgehead atoms. The fourth-order valence-corrected chi connectivity index (χ4v) is 2.82. The molecule has 2 fully saturated rings. The van der Waals surface area contributed by atoms with Crippen molar-refractivity contribution in [3.63, 3.8) is 0 Å². The summed E-state index contributed by atoms with van der Waals surface area (Å²) >= 11 is 0. The number of aromatic nitrogens is 2. The van der Waals surface area contributed by atoms with Crippen LogP contribution in [0.3, 0.4) is 0 Å². The van der Waals surface area contributed by atoms with Crippen molar-refractivity contribution in [2.45, 2.75) is 50.5 Å². The maximum absolute atomic E-state index is 12.0. The van der Waals surface area contributed by atoms with E-state index in [-0.39, 0.29) is 12.0 Å². The van der Waals surface area contributed by atoms with E-state index < -0.39 is 0 Å². The molecule has 102 valence electrons. The SMILES string of the molecule is O=C(Nc1ccnc(C2CCCC2)n1)[C@@H]1CCCO1. The number of carbonyl (C=O) groups excluding carboxylic acids is 1. The van der Waals surface area contributed by atoms with Gasteiger partial charge in [-0.2, -0.15) is 0 Å². The number of anilines is 1. The second-order valence-electron chi connectivity index (χ2n) is 5.27. The molecule has 1 atom stereocenters. The zero-order valence-corrected chi connectivity index (χ0v) is 11.0. The predicted octanol–water partition coefficient (Wildman–Crippen LogP) is 2.25. The van der Waals surface area contributed by atoms with Gasteiger partial charge < -0.3 is 10.1 Å². The molecule has 0 radical (unpaired) electrons. The summed E-state index contributed by atoms with van der Waals surface area (Å²) in [6.07, 6.45) is 7.98. The molecule has 19 heavy (non-hydrogen) atoms. The lowest BCUT2D eigenvalue weighted by Crippen LogP contribution is -2.27. The van der Waals surface area contributed by atoms with Gasteiger partial charge in [-0.1, -0.05) is 12.8 Å². The highest BCUT2D eigenvalue weighted by molar-refractivity contribution is 5.93. The average molecular weight is 261 g/mol. The summed E-state index contributed by atoms with van der Waals surface area (Å²) in [6.45, 7) is 0.676. The number of ether oxygens (including phenoxy) is 1. The lowest BCUT2D eigenvalue weighted by Gasteiger charge is -2.12. The molecule has 5 nitrogen and oxygen atoms in total. The minimum absolute atomic E-state index is 0.0893. The van der Waals surface area contributed by atoms with Crippen LogP contribution in [0.25, 0.3) is 0 Å². The van der Waals surface area contributed by atoms with E-state index in [1.807, 2.05) is 0 Å². The summed E-state index contributed by atoms with van der Waals surface area (Å²) in [4.78, 5) is 20.8. The van der Waals surface area contributed by atoms with E-state index in [0.29, 0.717) is 18.3 Å². The second kappa shape index (κ2) is 5.65. The van der Waals surface area contributed by atoms with Crippen molar-refractivity contribution < 1.29 is 9.53 Å².